The minimum Gasteiger partial charge on any atom is -0.456 e. The summed E-state index contributed by atoms with van der Waals surface area (Å²) in [4.78, 5) is 15.4. The van der Waals surface area contributed by atoms with Gasteiger partial charge >= 0.3 is 0 Å². The number of nitrogens with zero attached hydrogens (tertiary/aromatic N) is 3. The third-order valence-corrected chi connectivity index (χ3v) is 8.78. The van der Waals surface area contributed by atoms with E-state index in [-0.39, 0.29) is 0 Å². The number of rotatable bonds is 5. The minimum absolute atomic E-state index is 0.602. The van der Waals surface area contributed by atoms with Crippen molar-refractivity contribution in [1.82, 2.24) is 15.0 Å². The van der Waals surface area contributed by atoms with Gasteiger partial charge in [0.15, 0.2) is 17.5 Å². The Bertz CT molecular complexity index is 2550. The summed E-state index contributed by atoms with van der Waals surface area (Å²) in [5.74, 6) is 1.84. The molecule has 4 nitrogen and oxygen atoms in total. The molecular weight excluding hydrogens is 574 g/mol. The lowest BCUT2D eigenvalue weighted by molar-refractivity contribution is 0.669. The van der Waals surface area contributed by atoms with E-state index in [1.807, 2.05) is 42.5 Å². The fourth-order valence-electron chi connectivity index (χ4n) is 6.51. The van der Waals surface area contributed by atoms with Crippen molar-refractivity contribution in [1.29, 1.82) is 0 Å². The van der Waals surface area contributed by atoms with Crippen molar-refractivity contribution in [3.05, 3.63) is 164 Å². The second-order valence-corrected chi connectivity index (χ2v) is 11.6. The molecule has 0 aliphatic carbocycles. The summed E-state index contributed by atoms with van der Waals surface area (Å²) in [6.45, 7) is 0. The number of hydrogen-bond acceptors (Lipinski definition) is 4. The zero-order valence-electron chi connectivity index (χ0n) is 25.3. The van der Waals surface area contributed by atoms with E-state index in [4.69, 9.17) is 19.4 Å². The average molecular weight is 602 g/mol. The van der Waals surface area contributed by atoms with Gasteiger partial charge in [0.2, 0.25) is 0 Å². The summed E-state index contributed by atoms with van der Waals surface area (Å²) in [6, 6.07) is 56.3. The van der Waals surface area contributed by atoms with Crippen molar-refractivity contribution in [2.45, 2.75) is 0 Å². The fraction of sp³-hybridized carbons (Fsp3) is 0. The molecule has 0 spiro atoms. The summed E-state index contributed by atoms with van der Waals surface area (Å²) in [5, 5.41) is 4.26. The Hall–Kier alpha value is -6.39. The largest absolute Gasteiger partial charge is 0.456 e. The third-order valence-electron chi connectivity index (χ3n) is 8.78. The normalized spacial score (nSPS) is 11.4. The molecule has 0 bridgehead atoms. The molecule has 2 heterocycles. The fourth-order valence-corrected chi connectivity index (χ4v) is 6.51. The molecule has 0 atom stereocenters. The van der Waals surface area contributed by atoms with Crippen LogP contribution in [0.15, 0.2) is 168 Å². The van der Waals surface area contributed by atoms with Gasteiger partial charge in [0.25, 0.3) is 0 Å². The number of fused-ring (bicyclic) bond motifs is 4. The van der Waals surface area contributed by atoms with Gasteiger partial charge in [-0.1, -0.05) is 146 Å². The molecule has 4 heteroatoms. The number of para-hydroxylation sites is 1. The third kappa shape index (κ3) is 4.75. The van der Waals surface area contributed by atoms with Crippen LogP contribution in [0.3, 0.4) is 0 Å². The van der Waals surface area contributed by atoms with Gasteiger partial charge in [-0.25, -0.2) is 15.0 Å². The SMILES string of the molecule is c1ccc(-c2ccc(-c3nc(-c4ccc(-c5ccccc5)c5ccccc45)nc(-c4cccc5oc6ccccc6c45)n3)cc2)cc1. The molecule has 0 N–H and O–H groups in total. The maximum absolute atomic E-state index is 6.24. The van der Waals surface area contributed by atoms with Crippen LogP contribution in [0.2, 0.25) is 0 Å². The average Bonchev–Trinajstić information content (AvgIpc) is 3.54. The van der Waals surface area contributed by atoms with Gasteiger partial charge in [0.1, 0.15) is 11.2 Å². The van der Waals surface area contributed by atoms with Gasteiger partial charge in [-0.3, -0.25) is 0 Å². The maximum Gasteiger partial charge on any atom is 0.164 e. The van der Waals surface area contributed by atoms with E-state index in [0.29, 0.717) is 17.5 Å². The summed E-state index contributed by atoms with van der Waals surface area (Å²) in [7, 11) is 0. The molecule has 47 heavy (non-hydrogen) atoms. The van der Waals surface area contributed by atoms with E-state index in [1.165, 1.54) is 16.7 Å². The summed E-state index contributed by atoms with van der Waals surface area (Å²) in [5.41, 5.74) is 9.07. The minimum atomic E-state index is 0.602. The summed E-state index contributed by atoms with van der Waals surface area (Å²) >= 11 is 0. The van der Waals surface area contributed by atoms with Gasteiger partial charge in [-0.05, 0) is 51.2 Å². The quantitative estimate of drug-likeness (QED) is 0.197. The highest BCUT2D eigenvalue weighted by molar-refractivity contribution is 6.12. The van der Waals surface area contributed by atoms with Crippen molar-refractivity contribution in [3.63, 3.8) is 0 Å². The topological polar surface area (TPSA) is 51.8 Å². The molecule has 0 aliphatic heterocycles. The molecule has 7 aromatic carbocycles. The van der Waals surface area contributed by atoms with Crippen molar-refractivity contribution in [3.8, 4) is 56.4 Å². The smallest absolute Gasteiger partial charge is 0.164 e. The number of hydrogen-bond donors (Lipinski definition) is 0. The van der Waals surface area contributed by atoms with Gasteiger partial charge in [0.05, 0.1) is 0 Å². The van der Waals surface area contributed by atoms with E-state index in [0.717, 1.165) is 55.0 Å². The predicted octanol–water partition coefficient (Wildman–Crippen LogP) is 11.3. The monoisotopic (exact) mass is 601 g/mol. The van der Waals surface area contributed by atoms with E-state index in [2.05, 4.69) is 121 Å². The lowest BCUT2D eigenvalue weighted by Gasteiger charge is -2.13. The molecule has 0 saturated carbocycles. The number of benzene rings is 7. The van der Waals surface area contributed by atoms with Crippen LogP contribution in [-0.4, -0.2) is 15.0 Å². The Morgan fingerprint density at radius 1 is 0.298 bits per heavy atom. The molecule has 0 saturated heterocycles. The van der Waals surface area contributed by atoms with Crippen molar-refractivity contribution in [2.75, 3.05) is 0 Å². The highest BCUT2D eigenvalue weighted by Gasteiger charge is 2.19. The van der Waals surface area contributed by atoms with Gasteiger partial charge in [-0.2, -0.15) is 0 Å². The number of aromatic nitrogens is 3. The highest BCUT2D eigenvalue weighted by atomic mass is 16.3. The van der Waals surface area contributed by atoms with Crippen LogP contribution in [0, 0.1) is 0 Å². The van der Waals surface area contributed by atoms with Crippen LogP contribution in [0.1, 0.15) is 0 Å². The molecule has 0 amide bonds. The van der Waals surface area contributed by atoms with Crippen LogP contribution in [0.5, 0.6) is 0 Å². The van der Waals surface area contributed by atoms with E-state index < -0.39 is 0 Å². The van der Waals surface area contributed by atoms with Crippen molar-refractivity contribution < 1.29 is 4.42 Å². The first-order valence-electron chi connectivity index (χ1n) is 15.7. The second-order valence-electron chi connectivity index (χ2n) is 11.6. The molecule has 0 radical (unpaired) electrons. The van der Waals surface area contributed by atoms with Crippen LogP contribution in [0.25, 0.3) is 89.1 Å². The zero-order chi connectivity index (χ0) is 31.2. The molecular formula is C43H27N3O. The van der Waals surface area contributed by atoms with Crippen molar-refractivity contribution >= 4 is 32.7 Å². The molecule has 0 unspecified atom stereocenters. The van der Waals surface area contributed by atoms with Crippen LogP contribution >= 0.6 is 0 Å². The van der Waals surface area contributed by atoms with E-state index in [9.17, 15) is 0 Å². The lowest BCUT2D eigenvalue weighted by atomic mass is 9.94. The standard InChI is InChI=1S/C43H27N3O/c1-3-12-28(13-4-1)29-22-24-31(25-23-29)41-44-42(35-27-26-32(30-14-5-2-6-15-30)33-16-7-8-17-34(33)35)46-43(45-41)37-19-11-21-39-40(37)36-18-9-10-20-38(36)47-39/h1-27H. The van der Waals surface area contributed by atoms with E-state index >= 15 is 0 Å². The summed E-state index contributed by atoms with van der Waals surface area (Å²) < 4.78 is 6.24. The maximum atomic E-state index is 6.24. The first kappa shape index (κ1) is 27.0. The van der Waals surface area contributed by atoms with Gasteiger partial charge < -0.3 is 4.42 Å². The Kier molecular flexibility index (Phi) is 6.43. The molecule has 220 valence electrons. The molecule has 0 fully saturated rings. The number of furan rings is 1. The molecule has 0 aliphatic rings. The van der Waals surface area contributed by atoms with E-state index in [1.54, 1.807) is 0 Å². The zero-order valence-corrected chi connectivity index (χ0v) is 25.3. The Balaban J connectivity index is 1.28. The van der Waals surface area contributed by atoms with Crippen LogP contribution in [-0.2, 0) is 0 Å². The molecule has 2 aromatic heterocycles. The first-order valence-corrected chi connectivity index (χ1v) is 15.7. The molecule has 9 rings (SSSR count). The Morgan fingerprint density at radius 3 is 1.55 bits per heavy atom. The van der Waals surface area contributed by atoms with Crippen molar-refractivity contribution in [2.24, 2.45) is 0 Å². The first-order chi connectivity index (χ1) is 23.3. The Labute approximate surface area is 271 Å². The summed E-state index contributed by atoms with van der Waals surface area (Å²) in [6.07, 6.45) is 0. The van der Waals surface area contributed by atoms with Gasteiger partial charge in [0, 0.05) is 27.5 Å². The second kappa shape index (κ2) is 11.2. The van der Waals surface area contributed by atoms with Crippen LogP contribution < -0.4 is 0 Å². The highest BCUT2D eigenvalue weighted by Crippen LogP contribution is 2.38. The van der Waals surface area contributed by atoms with Gasteiger partial charge in [-0.15, -0.1) is 0 Å². The Morgan fingerprint density at radius 2 is 0.809 bits per heavy atom. The van der Waals surface area contributed by atoms with Crippen LogP contribution in [0.4, 0.5) is 0 Å². The lowest BCUT2D eigenvalue weighted by Crippen LogP contribution is -2.01. The predicted molar refractivity (Wildman–Crippen MR) is 192 cm³/mol. The molecule has 9 aromatic rings.